The largest absolute Gasteiger partial charge is 0.509 e. The van der Waals surface area contributed by atoms with Gasteiger partial charge in [-0.1, -0.05) is 213 Å². The van der Waals surface area contributed by atoms with Gasteiger partial charge >= 0.3 is 0 Å². The Morgan fingerprint density at radius 2 is 1.13 bits per heavy atom. The van der Waals surface area contributed by atoms with Gasteiger partial charge in [0.2, 0.25) is 0 Å². The molecule has 432 valence electrons. The molecule has 6 heteroatoms. The van der Waals surface area contributed by atoms with Crippen LogP contribution in [0.3, 0.4) is 0 Å². The van der Waals surface area contributed by atoms with Gasteiger partial charge in [0.15, 0.2) is 0 Å². The monoisotopic (exact) mass is 1300 g/mol. The van der Waals surface area contributed by atoms with Crippen LogP contribution in [0.1, 0.15) is 173 Å². The fourth-order valence-corrected chi connectivity index (χ4v) is 11.7. The summed E-state index contributed by atoms with van der Waals surface area (Å²) >= 11 is 0. The summed E-state index contributed by atoms with van der Waals surface area (Å²) in [4.78, 5) is 9.10. The molecule has 10 aromatic rings. The number of hydrogen-bond donors (Lipinski definition) is 0. The van der Waals surface area contributed by atoms with Gasteiger partial charge in [-0.3, -0.25) is 0 Å². The molecule has 0 unspecified atom stereocenters. The third-order valence-electron chi connectivity index (χ3n) is 16.8. The number of anilines is 4. The summed E-state index contributed by atoms with van der Waals surface area (Å²) in [6.07, 6.45) is 3.12. The fraction of sp³-hybridized carbons (Fsp3) is 0.308. The van der Waals surface area contributed by atoms with Crippen LogP contribution in [0.25, 0.3) is 61.0 Å². The molecule has 3 heterocycles. The minimum atomic E-state index is -0.702. The van der Waals surface area contributed by atoms with Crippen LogP contribution in [0.15, 0.2) is 170 Å². The van der Waals surface area contributed by atoms with Crippen LogP contribution in [0.2, 0.25) is 0 Å². The van der Waals surface area contributed by atoms with Gasteiger partial charge in [-0.25, -0.2) is 4.98 Å². The van der Waals surface area contributed by atoms with Gasteiger partial charge in [-0.2, -0.15) is 12.1 Å². The van der Waals surface area contributed by atoms with Crippen LogP contribution in [0.5, 0.6) is 11.5 Å². The molecule has 2 aliphatic rings. The number of fused-ring (bicyclic) bond motifs is 5. The Morgan fingerprint density at radius 3 is 1.79 bits per heavy atom. The Hall–Kier alpha value is -7.20. The Balaban J connectivity index is 0.00000936. The smallest absolute Gasteiger partial charge is 0.135 e. The second-order valence-corrected chi connectivity index (χ2v) is 28.1. The van der Waals surface area contributed by atoms with E-state index < -0.39 is 51.9 Å². The molecule has 0 N–H and O–H groups in total. The number of benzene rings is 8. The SMILES string of the molecule is [2H]c1c([2H])c([2H])c(-c2cnc(-n3c4[c-]c(Oc5[c-]c(N6[CH-]N(c7c(-c8cc(C(C)(C)C)cc(C(C)(C)C)c8)cc(C(C)(C)C)cc7-c7c([2H])c([2H])c8c(c7[2H])C(C)(C)CCC8(C)C)c7ccccc76)ccc5)ccc4c4c([2H])c([2H])c([2H])c([2H])c43)cc2C(C)(C)C)c([2H])c1[2H].[Pt]. The van der Waals surface area contributed by atoms with E-state index in [0.29, 0.717) is 44.6 Å². The number of ether oxygens (including phenoxy) is 1. The minimum Gasteiger partial charge on any atom is -0.509 e. The molecule has 0 bridgehead atoms. The normalized spacial score (nSPS) is 17.0. The first-order valence-corrected chi connectivity index (χ1v) is 28.9. The molecule has 1 aliphatic carbocycles. The quantitative estimate of drug-likeness (QED) is 0.142. The zero-order valence-corrected chi connectivity index (χ0v) is 53.5. The first-order valence-electron chi connectivity index (χ1n) is 34.9. The maximum absolute atomic E-state index is 10.5. The maximum Gasteiger partial charge on any atom is 0.135 e. The zero-order valence-electron chi connectivity index (χ0n) is 63.2. The van der Waals surface area contributed by atoms with Gasteiger partial charge < -0.3 is 19.1 Å². The van der Waals surface area contributed by atoms with Crippen molar-refractivity contribution in [2.24, 2.45) is 0 Å². The van der Waals surface area contributed by atoms with E-state index in [2.05, 4.69) is 148 Å². The molecule has 2 aromatic heterocycles. The van der Waals surface area contributed by atoms with Crippen molar-refractivity contribution in [3.05, 3.63) is 222 Å². The van der Waals surface area contributed by atoms with E-state index in [4.69, 9.17) is 19.3 Å². The molecular weight excluding hydrogens is 1200 g/mol. The Kier molecular flexibility index (Phi) is 11.3. The number of para-hydroxylation sites is 3. The van der Waals surface area contributed by atoms with Gasteiger partial charge in [-0.05, 0) is 137 Å². The van der Waals surface area contributed by atoms with E-state index in [1.165, 1.54) is 17.3 Å². The molecular formula is C78H81N4OPt-3. The summed E-state index contributed by atoms with van der Waals surface area (Å²) in [6, 6.07) is 34.0. The number of nitrogens with zero attached hydrogens (tertiary/aromatic N) is 4. The van der Waals surface area contributed by atoms with Crippen LogP contribution in [-0.4, -0.2) is 9.55 Å². The van der Waals surface area contributed by atoms with Crippen LogP contribution >= 0.6 is 0 Å². The van der Waals surface area contributed by atoms with Crippen molar-refractivity contribution in [3.63, 3.8) is 0 Å². The Morgan fingerprint density at radius 1 is 0.536 bits per heavy atom. The second kappa shape index (κ2) is 21.1. The molecule has 12 rings (SSSR count). The summed E-state index contributed by atoms with van der Waals surface area (Å²) in [5, 5.41) is 0.678. The number of rotatable bonds is 8. The average molecular weight is 1300 g/mol. The number of hydrogen-bond acceptors (Lipinski definition) is 4. The van der Waals surface area contributed by atoms with E-state index in [1.54, 1.807) is 28.8 Å². The number of aromatic nitrogens is 2. The van der Waals surface area contributed by atoms with Gasteiger partial charge in [0.05, 0.1) is 16.4 Å². The molecule has 5 nitrogen and oxygen atoms in total. The van der Waals surface area contributed by atoms with Gasteiger partial charge in [-0.15, -0.1) is 48.1 Å². The number of pyridine rings is 1. The molecule has 1 aliphatic heterocycles. The third kappa shape index (κ3) is 10.7. The standard InChI is InChI=1S/C78H81N4O.Pt/c1-73(2,3)53-39-52(40-54(42-53)74(4,5)6)62-44-55(75(7,8)9)43-61(51-33-36-64-66(41-51)78(15,16)38-37-77(64,13)14)72(62)81-49-80(68-31-22-23-32-69(68)81)56-27-24-28-57(45-56)83-58-34-35-60-59-29-20-21-30-67(59)82(70(60)46-58)71-47-65(76(10,11)12)63(48-79-71)50-25-18-17-19-26-50;/h17-36,39-44,47-49H,37-38H2,1-16H3;/q-3;/i17D,18D,19D,20D,21D,25D,26D,29D,30D,33D,36D,41D;. The van der Waals surface area contributed by atoms with Crippen LogP contribution in [0, 0.1) is 18.8 Å². The summed E-state index contributed by atoms with van der Waals surface area (Å²) < 4.78 is 118. The second-order valence-electron chi connectivity index (χ2n) is 28.1. The van der Waals surface area contributed by atoms with Crippen LogP contribution < -0.4 is 14.5 Å². The van der Waals surface area contributed by atoms with E-state index >= 15 is 0 Å². The Bertz CT molecular complexity index is 4830. The van der Waals surface area contributed by atoms with E-state index in [9.17, 15) is 6.85 Å². The molecule has 0 amide bonds. The summed E-state index contributed by atoms with van der Waals surface area (Å²) in [5.74, 6) is 0.780. The van der Waals surface area contributed by atoms with Gasteiger partial charge in [0.25, 0.3) is 0 Å². The third-order valence-corrected chi connectivity index (χ3v) is 16.8. The van der Waals surface area contributed by atoms with Crippen molar-refractivity contribution < 1.29 is 42.3 Å². The first kappa shape index (κ1) is 45.2. The molecule has 0 spiro atoms. The fourth-order valence-electron chi connectivity index (χ4n) is 11.7. The van der Waals surface area contributed by atoms with Crippen LogP contribution in [0.4, 0.5) is 22.7 Å². The topological polar surface area (TPSA) is 33.5 Å². The predicted molar refractivity (Wildman–Crippen MR) is 351 cm³/mol. The predicted octanol–water partition coefficient (Wildman–Crippen LogP) is 21.5. The van der Waals surface area contributed by atoms with Gasteiger partial charge in [0, 0.05) is 78.0 Å². The maximum atomic E-state index is 10.5. The van der Waals surface area contributed by atoms with E-state index in [1.807, 2.05) is 57.8 Å². The first-order chi connectivity index (χ1) is 44.1. The van der Waals surface area contributed by atoms with Crippen molar-refractivity contribution >= 4 is 44.6 Å². The van der Waals surface area contributed by atoms with Crippen molar-refractivity contribution in [3.8, 4) is 50.7 Å². The zero-order chi connectivity index (χ0) is 69.2. The molecule has 84 heavy (non-hydrogen) atoms. The minimum absolute atomic E-state index is 0. The van der Waals surface area contributed by atoms with E-state index in [0.717, 1.165) is 57.7 Å². The Labute approximate surface area is 532 Å². The van der Waals surface area contributed by atoms with E-state index in [-0.39, 0.29) is 102 Å². The molecule has 0 saturated heterocycles. The molecule has 0 saturated carbocycles. The van der Waals surface area contributed by atoms with Crippen molar-refractivity contribution in [2.45, 2.75) is 156 Å². The molecule has 0 radical (unpaired) electrons. The van der Waals surface area contributed by atoms with Crippen molar-refractivity contribution in [2.75, 3.05) is 9.80 Å². The molecule has 8 aromatic carbocycles. The van der Waals surface area contributed by atoms with Crippen molar-refractivity contribution in [1.82, 2.24) is 9.55 Å². The molecule has 0 fully saturated rings. The average Bonchev–Trinajstić information content (AvgIpc) is 1.27. The summed E-state index contributed by atoms with van der Waals surface area (Å²) in [7, 11) is 0. The summed E-state index contributed by atoms with van der Waals surface area (Å²) in [5.41, 5.74) is 9.88. The van der Waals surface area contributed by atoms with Crippen molar-refractivity contribution in [1.29, 1.82) is 0 Å². The summed E-state index contributed by atoms with van der Waals surface area (Å²) in [6.45, 7) is 36.5. The van der Waals surface area contributed by atoms with Crippen LogP contribution in [-0.2, 0) is 53.6 Å². The molecule has 0 atom stereocenters. The van der Waals surface area contributed by atoms with Gasteiger partial charge in [0.1, 0.15) is 5.82 Å².